The fraction of sp³-hybridized carbons (Fsp3) is 0.417. The Morgan fingerprint density at radius 3 is 2.71 bits per heavy atom. The van der Waals surface area contributed by atoms with Gasteiger partial charge in [-0.1, -0.05) is 11.6 Å². The average Bonchev–Trinajstić information content (AvgIpc) is 2.46. The van der Waals surface area contributed by atoms with E-state index in [-0.39, 0.29) is 24.7 Å². The van der Waals surface area contributed by atoms with Gasteiger partial charge in [-0.3, -0.25) is 10.1 Å². The van der Waals surface area contributed by atoms with E-state index in [0.717, 1.165) is 13.1 Å². The lowest BCUT2D eigenvalue weighted by Gasteiger charge is -2.26. The molecule has 1 aliphatic rings. The van der Waals surface area contributed by atoms with Crippen LogP contribution in [0.15, 0.2) is 18.2 Å². The highest BCUT2D eigenvalue weighted by Crippen LogP contribution is 2.22. The number of halogens is 2. The minimum atomic E-state index is -0.516. The summed E-state index contributed by atoms with van der Waals surface area (Å²) in [4.78, 5) is 23.6. The van der Waals surface area contributed by atoms with Crippen molar-refractivity contribution in [1.29, 1.82) is 0 Å². The first-order valence-electron chi connectivity index (χ1n) is 6.13. The number of nitrogens with zero attached hydrogens (tertiary/aromatic N) is 2. The first kappa shape index (κ1) is 17.5. The van der Waals surface area contributed by atoms with Crippen LogP contribution in [0.25, 0.3) is 0 Å². The first-order valence-corrected chi connectivity index (χ1v) is 6.51. The van der Waals surface area contributed by atoms with Crippen molar-refractivity contribution in [3.05, 3.63) is 38.9 Å². The maximum Gasteiger partial charge on any atom is 0.410 e. The van der Waals surface area contributed by atoms with Crippen LogP contribution >= 0.6 is 24.0 Å². The maximum absolute atomic E-state index is 11.8. The molecule has 2 rings (SSSR count). The topological polar surface area (TPSA) is 84.7 Å². The van der Waals surface area contributed by atoms with Crippen molar-refractivity contribution < 1.29 is 14.5 Å². The second-order valence-corrected chi connectivity index (χ2v) is 4.73. The van der Waals surface area contributed by atoms with Gasteiger partial charge in [-0.15, -0.1) is 12.4 Å². The van der Waals surface area contributed by atoms with Crippen molar-refractivity contribution in [3.8, 4) is 0 Å². The van der Waals surface area contributed by atoms with Crippen LogP contribution in [0.3, 0.4) is 0 Å². The largest absolute Gasteiger partial charge is 0.444 e. The lowest BCUT2D eigenvalue weighted by atomic mass is 10.2. The van der Waals surface area contributed by atoms with Crippen molar-refractivity contribution in [3.63, 3.8) is 0 Å². The molecule has 0 atom stereocenters. The minimum absolute atomic E-state index is 0. The fourth-order valence-corrected chi connectivity index (χ4v) is 2.04. The van der Waals surface area contributed by atoms with Gasteiger partial charge in [0.2, 0.25) is 0 Å². The fourth-order valence-electron chi connectivity index (χ4n) is 1.86. The number of carbonyl (C=O) groups is 1. The summed E-state index contributed by atoms with van der Waals surface area (Å²) in [6.45, 7) is 2.55. The van der Waals surface area contributed by atoms with E-state index in [0.29, 0.717) is 23.7 Å². The van der Waals surface area contributed by atoms with E-state index >= 15 is 0 Å². The number of ether oxygens (including phenoxy) is 1. The molecule has 0 saturated carbocycles. The first-order chi connectivity index (χ1) is 9.58. The van der Waals surface area contributed by atoms with Crippen LogP contribution in [0, 0.1) is 10.1 Å². The van der Waals surface area contributed by atoms with E-state index in [4.69, 9.17) is 16.3 Å². The number of hydrogen-bond donors (Lipinski definition) is 1. The smallest absolute Gasteiger partial charge is 0.410 e. The number of nitro benzene ring substituents is 1. The van der Waals surface area contributed by atoms with Crippen molar-refractivity contribution in [2.75, 3.05) is 26.2 Å². The molecule has 0 spiro atoms. The Labute approximate surface area is 132 Å². The molecule has 0 aliphatic carbocycles. The van der Waals surface area contributed by atoms with Crippen LogP contribution in [0.5, 0.6) is 0 Å². The Balaban J connectivity index is 0.00000220. The van der Waals surface area contributed by atoms with Gasteiger partial charge in [0, 0.05) is 48.9 Å². The van der Waals surface area contributed by atoms with E-state index in [1.165, 1.54) is 18.2 Å². The number of hydrogen-bond acceptors (Lipinski definition) is 5. The second kappa shape index (κ2) is 8.02. The Kier molecular flexibility index (Phi) is 6.67. The lowest BCUT2D eigenvalue weighted by Crippen LogP contribution is -2.46. The van der Waals surface area contributed by atoms with Crippen LogP contribution < -0.4 is 5.32 Å². The Bertz CT molecular complexity index is 521. The zero-order valence-corrected chi connectivity index (χ0v) is 12.7. The number of benzene rings is 1. The molecular formula is C12H15Cl2N3O4. The van der Waals surface area contributed by atoms with Crippen molar-refractivity contribution in [1.82, 2.24) is 10.2 Å². The third kappa shape index (κ3) is 4.73. The monoisotopic (exact) mass is 335 g/mol. The van der Waals surface area contributed by atoms with Gasteiger partial charge in [-0.05, 0) is 6.07 Å². The normalized spacial score (nSPS) is 14.2. The number of rotatable bonds is 3. The molecule has 1 heterocycles. The molecule has 0 aromatic heterocycles. The SMILES string of the molecule is Cl.O=C(OCc1cc([N+](=O)[O-])ccc1Cl)N1CCNCC1. The Hall–Kier alpha value is -1.57. The molecule has 1 amide bonds. The lowest BCUT2D eigenvalue weighted by molar-refractivity contribution is -0.384. The summed E-state index contributed by atoms with van der Waals surface area (Å²) in [6, 6.07) is 4.05. The predicted octanol–water partition coefficient (Wildman–Crippen LogP) is 2.21. The highest BCUT2D eigenvalue weighted by atomic mass is 35.5. The maximum atomic E-state index is 11.8. The third-order valence-electron chi connectivity index (χ3n) is 2.97. The van der Waals surface area contributed by atoms with Crippen molar-refractivity contribution >= 4 is 35.8 Å². The third-order valence-corrected chi connectivity index (χ3v) is 3.34. The van der Waals surface area contributed by atoms with Gasteiger partial charge in [-0.25, -0.2) is 4.79 Å². The highest BCUT2D eigenvalue weighted by molar-refractivity contribution is 6.31. The van der Waals surface area contributed by atoms with Crippen LogP contribution in [0.1, 0.15) is 5.56 Å². The van der Waals surface area contributed by atoms with Crippen LogP contribution in [-0.2, 0) is 11.3 Å². The number of non-ortho nitro benzene ring substituents is 1. The van der Waals surface area contributed by atoms with Crippen LogP contribution in [0.4, 0.5) is 10.5 Å². The molecule has 1 fully saturated rings. The predicted molar refractivity (Wildman–Crippen MR) is 80.0 cm³/mol. The number of nitrogens with one attached hydrogen (secondary N) is 1. The highest BCUT2D eigenvalue weighted by Gasteiger charge is 2.18. The van der Waals surface area contributed by atoms with E-state index in [9.17, 15) is 14.9 Å². The minimum Gasteiger partial charge on any atom is -0.444 e. The molecule has 21 heavy (non-hydrogen) atoms. The van der Waals surface area contributed by atoms with Gasteiger partial charge in [0.1, 0.15) is 6.61 Å². The zero-order chi connectivity index (χ0) is 14.5. The van der Waals surface area contributed by atoms with Gasteiger partial charge >= 0.3 is 6.09 Å². The Morgan fingerprint density at radius 2 is 2.10 bits per heavy atom. The summed E-state index contributed by atoms with van der Waals surface area (Å²) in [5.41, 5.74) is 0.340. The molecule has 1 aromatic carbocycles. The van der Waals surface area contributed by atoms with Crippen molar-refractivity contribution in [2.24, 2.45) is 0 Å². The van der Waals surface area contributed by atoms with Crippen LogP contribution in [-0.4, -0.2) is 42.1 Å². The molecule has 0 radical (unpaired) electrons. The second-order valence-electron chi connectivity index (χ2n) is 4.32. The van der Waals surface area contributed by atoms with Crippen LogP contribution in [0.2, 0.25) is 5.02 Å². The summed E-state index contributed by atoms with van der Waals surface area (Å²) >= 11 is 5.93. The molecule has 0 unspecified atom stereocenters. The zero-order valence-electron chi connectivity index (χ0n) is 11.1. The molecule has 9 heteroatoms. The summed E-state index contributed by atoms with van der Waals surface area (Å²) in [5, 5.41) is 14.2. The van der Waals surface area contributed by atoms with E-state index in [2.05, 4.69) is 5.32 Å². The Morgan fingerprint density at radius 1 is 1.43 bits per heavy atom. The molecule has 0 bridgehead atoms. The average molecular weight is 336 g/mol. The van der Waals surface area contributed by atoms with Gasteiger partial charge in [0.05, 0.1) is 4.92 Å². The summed E-state index contributed by atoms with van der Waals surface area (Å²) in [6.07, 6.45) is -0.436. The quantitative estimate of drug-likeness (QED) is 0.676. The molecule has 1 aromatic rings. The molecular weight excluding hydrogens is 321 g/mol. The van der Waals surface area contributed by atoms with E-state index in [1.54, 1.807) is 4.90 Å². The molecule has 116 valence electrons. The molecule has 1 aliphatic heterocycles. The summed E-state index contributed by atoms with van der Waals surface area (Å²) < 4.78 is 5.14. The summed E-state index contributed by atoms with van der Waals surface area (Å²) in [7, 11) is 0. The van der Waals surface area contributed by atoms with Gasteiger partial charge in [0.25, 0.3) is 5.69 Å². The molecule has 1 saturated heterocycles. The number of piperazine rings is 1. The van der Waals surface area contributed by atoms with Gasteiger partial charge in [0.15, 0.2) is 0 Å². The van der Waals surface area contributed by atoms with E-state index < -0.39 is 11.0 Å². The number of nitro groups is 1. The molecule has 7 nitrogen and oxygen atoms in total. The van der Waals surface area contributed by atoms with E-state index in [1.807, 2.05) is 0 Å². The standard InChI is InChI=1S/C12H14ClN3O4.ClH/c13-11-2-1-10(16(18)19)7-9(11)8-20-12(17)15-5-3-14-4-6-15;/h1-2,7,14H,3-6,8H2;1H. The number of amides is 1. The number of carbonyl (C=O) groups excluding carboxylic acids is 1. The summed E-state index contributed by atoms with van der Waals surface area (Å²) in [5.74, 6) is 0. The van der Waals surface area contributed by atoms with Crippen molar-refractivity contribution in [2.45, 2.75) is 6.61 Å². The molecule has 1 N–H and O–H groups in total. The van der Waals surface area contributed by atoms with Gasteiger partial charge < -0.3 is 15.0 Å². The van der Waals surface area contributed by atoms with Gasteiger partial charge in [-0.2, -0.15) is 0 Å².